The zero-order valence-corrected chi connectivity index (χ0v) is 13.6. The van der Waals surface area contributed by atoms with Crippen molar-refractivity contribution in [1.29, 1.82) is 0 Å². The third-order valence-corrected chi connectivity index (χ3v) is 0. The Morgan fingerprint density at radius 2 is 1.11 bits per heavy atom. The predicted molar refractivity (Wildman–Crippen MR) is 7.81 cm³/mol. The van der Waals surface area contributed by atoms with Crippen molar-refractivity contribution in [3.63, 3.8) is 0 Å². The van der Waals surface area contributed by atoms with Gasteiger partial charge in [-0.2, -0.15) is 0 Å². The average Bonchev–Trinajstić information content (AvgIpc) is 1.27. The van der Waals surface area contributed by atoms with Gasteiger partial charge in [0.15, 0.2) is 0 Å². The van der Waals surface area contributed by atoms with Gasteiger partial charge in [0.25, 0.3) is 0 Å². The number of hydrogen-bond donors (Lipinski definition) is 0. The van der Waals surface area contributed by atoms with Crippen LogP contribution < -0.4 is 63.7 Å². The van der Waals surface area contributed by atoms with Crippen molar-refractivity contribution in [3.05, 3.63) is 0 Å². The summed E-state index contributed by atoms with van der Waals surface area (Å²) in [5.41, 5.74) is 0. The first-order chi connectivity index (χ1) is 3.41. The van der Waals surface area contributed by atoms with E-state index in [0.717, 1.165) is 0 Å². The second-order valence-corrected chi connectivity index (χ2v) is 3.10. The standard InChI is InChI=1S/AsH3O4.K.2O.U/c2-1(3,4)5;;;;/h(H3,2,3,4,5);;;;/q;+1;;;+2/p-3. The number of hydrogen-bond acceptors (Lipinski definition) is 6. The molecule has 0 atom stereocenters. The van der Waals surface area contributed by atoms with E-state index in [1.807, 2.05) is 0 Å². The molecule has 0 amide bonds. The molecule has 0 aliphatic carbocycles. The monoisotopic (exact) mass is 448 g/mol. The molecule has 0 rings (SSSR count). The van der Waals surface area contributed by atoms with Crippen LogP contribution in [0.3, 0.4) is 0 Å². The van der Waals surface area contributed by atoms with E-state index in [1.165, 1.54) is 0 Å². The van der Waals surface area contributed by atoms with Crippen LogP contribution in [-0.2, 0) is 8.21 Å². The summed E-state index contributed by atoms with van der Waals surface area (Å²) in [4.78, 5) is 0. The summed E-state index contributed by atoms with van der Waals surface area (Å²) in [6.45, 7) is 0. The van der Waals surface area contributed by atoms with Gasteiger partial charge in [0.05, 0.1) is 0 Å². The topological polar surface area (TPSA) is 120 Å². The van der Waals surface area contributed by atoms with Crippen LogP contribution in [-0.4, -0.2) is 14.5 Å². The van der Waals surface area contributed by atoms with Crippen molar-refractivity contribution < 1.29 is 99.7 Å². The summed E-state index contributed by atoms with van der Waals surface area (Å²) in [6, 6.07) is 0. The van der Waals surface area contributed by atoms with Gasteiger partial charge in [-0.1, -0.05) is 0 Å². The average molecular weight is 448 g/mol. The van der Waals surface area contributed by atoms with Crippen molar-refractivity contribution in [2.45, 2.75) is 0 Å². The summed E-state index contributed by atoms with van der Waals surface area (Å²) in [5, 5.41) is 0. The van der Waals surface area contributed by atoms with E-state index in [4.69, 9.17) is 20.5 Å². The number of rotatable bonds is 0. The molecule has 9 heteroatoms. The van der Waals surface area contributed by atoms with E-state index in [0.29, 0.717) is 0 Å². The second kappa shape index (κ2) is 10.5. The van der Waals surface area contributed by atoms with E-state index in [1.54, 1.807) is 0 Å². The first kappa shape index (κ1) is 17.6. The Morgan fingerprint density at radius 1 is 1.11 bits per heavy atom. The van der Waals surface area contributed by atoms with Gasteiger partial charge in [0.2, 0.25) is 0 Å². The SMILES string of the molecule is O=[As]([O-])([O-])[O-].[K+].[O]=[U+2]=[O]. The van der Waals surface area contributed by atoms with E-state index < -0.39 is 42.3 Å². The quantitative estimate of drug-likeness (QED) is 0.340. The molecule has 0 aromatic rings. The van der Waals surface area contributed by atoms with Gasteiger partial charge in [-0.05, 0) is 0 Å². The Kier molecular flexibility index (Phi) is 20.5. The van der Waals surface area contributed by atoms with Crippen molar-refractivity contribution in [3.8, 4) is 0 Å². The molecule has 0 saturated heterocycles. The Bertz CT molecular complexity index is 111. The Balaban J connectivity index is -0.0000000800. The van der Waals surface area contributed by atoms with Crippen molar-refractivity contribution in [1.82, 2.24) is 0 Å². The molecule has 0 spiro atoms. The molecular formula is AsKO6U. The maximum absolute atomic E-state index is 8.61. The minimum atomic E-state index is -5.88. The molecule has 0 aromatic carbocycles. The summed E-state index contributed by atoms with van der Waals surface area (Å²) in [6.07, 6.45) is 0. The predicted octanol–water partition coefficient (Wildman–Crippen LogP) is -7.30. The zero-order chi connectivity index (χ0) is 7.21. The third-order valence-electron chi connectivity index (χ3n) is 0. The Morgan fingerprint density at radius 3 is 1.11 bits per heavy atom. The van der Waals surface area contributed by atoms with Gasteiger partial charge >= 0.3 is 114 Å². The van der Waals surface area contributed by atoms with Crippen molar-refractivity contribution >= 4 is 14.5 Å². The molecule has 0 radical (unpaired) electrons. The van der Waals surface area contributed by atoms with Crippen molar-refractivity contribution in [2.24, 2.45) is 0 Å². The molecule has 0 N–H and O–H groups in total. The Hall–Kier alpha value is 2.53. The molecule has 0 saturated carbocycles. The van der Waals surface area contributed by atoms with E-state index in [-0.39, 0.29) is 51.4 Å². The molecule has 46 valence electrons. The second-order valence-electron chi connectivity index (χ2n) is 0.531. The molecule has 0 unspecified atom stereocenters. The van der Waals surface area contributed by atoms with Gasteiger partial charge in [0.1, 0.15) is 0 Å². The van der Waals surface area contributed by atoms with Crippen LogP contribution in [0.5, 0.6) is 0 Å². The molecule has 6 nitrogen and oxygen atoms in total. The van der Waals surface area contributed by atoms with Crippen LogP contribution in [0.4, 0.5) is 0 Å². The van der Waals surface area contributed by atoms with Gasteiger partial charge in [0, 0.05) is 0 Å². The van der Waals surface area contributed by atoms with E-state index in [2.05, 4.69) is 0 Å². The van der Waals surface area contributed by atoms with Crippen LogP contribution in [0.1, 0.15) is 0 Å². The maximum atomic E-state index is 8.61. The van der Waals surface area contributed by atoms with E-state index >= 15 is 0 Å². The molecule has 0 aliphatic rings. The Labute approximate surface area is 111 Å². The molecule has 0 bridgehead atoms. The molecular weight excluding hydrogens is 448 g/mol. The van der Waals surface area contributed by atoms with Gasteiger partial charge in [-0.15, -0.1) is 0 Å². The van der Waals surface area contributed by atoms with Crippen LogP contribution in [0.2, 0.25) is 0 Å². The summed E-state index contributed by atoms with van der Waals surface area (Å²) >= 11 is -8.38. The summed E-state index contributed by atoms with van der Waals surface area (Å²) < 4.78 is 51.6. The van der Waals surface area contributed by atoms with Crippen LogP contribution >= 0.6 is 0 Å². The van der Waals surface area contributed by atoms with Gasteiger partial charge in [-0.3, -0.25) is 0 Å². The van der Waals surface area contributed by atoms with Crippen LogP contribution in [0.15, 0.2) is 0 Å². The van der Waals surface area contributed by atoms with Gasteiger partial charge in [-0.25, -0.2) is 0 Å². The molecule has 0 heterocycles. The van der Waals surface area contributed by atoms with Crippen LogP contribution in [0.25, 0.3) is 0 Å². The minimum absolute atomic E-state index is 0. The molecule has 0 aliphatic heterocycles. The first-order valence-electron chi connectivity index (χ1n) is 1.14. The first-order valence-corrected chi connectivity index (χ1v) is 7.60. The van der Waals surface area contributed by atoms with Gasteiger partial charge < -0.3 is 0 Å². The molecule has 0 fully saturated rings. The summed E-state index contributed by atoms with van der Waals surface area (Å²) in [7, 11) is 0. The third kappa shape index (κ3) is 120. The molecule has 0 aromatic heterocycles. The van der Waals surface area contributed by atoms with Crippen LogP contribution in [0, 0.1) is 27.8 Å². The fourth-order valence-electron chi connectivity index (χ4n) is 0. The molecule has 9 heavy (non-hydrogen) atoms. The normalized spacial score (nSPS) is 7.44. The van der Waals surface area contributed by atoms with Crippen molar-refractivity contribution in [2.75, 3.05) is 0 Å². The summed E-state index contributed by atoms with van der Waals surface area (Å²) in [5.74, 6) is 0. The fraction of sp³-hybridized carbons (Fsp3) is 0. The zero-order valence-electron chi connectivity index (χ0n) is 4.40. The van der Waals surface area contributed by atoms with E-state index in [9.17, 15) is 0 Å². The fourth-order valence-corrected chi connectivity index (χ4v) is 0.